The van der Waals surface area contributed by atoms with E-state index in [1.165, 1.54) is 4.90 Å². The Hall–Kier alpha value is -0.820. The molecule has 1 amide bonds. The molecule has 0 spiro atoms. The van der Waals surface area contributed by atoms with Gasteiger partial charge in [-0.3, -0.25) is 9.69 Å². The molecule has 1 rings (SSSR count). The highest BCUT2D eigenvalue weighted by atomic mass is 19.4. The van der Waals surface area contributed by atoms with Gasteiger partial charge in [0.1, 0.15) is 0 Å². The number of halogens is 3. The minimum Gasteiger partial charge on any atom is -0.380 e. The van der Waals surface area contributed by atoms with E-state index in [0.29, 0.717) is 6.54 Å². The lowest BCUT2D eigenvalue weighted by atomic mass is 9.98. The Kier molecular flexibility index (Phi) is 3.73. The molecule has 1 saturated heterocycles. The number of rotatable bonds is 3. The van der Waals surface area contributed by atoms with Gasteiger partial charge in [-0.25, -0.2) is 0 Å². The second-order valence-corrected chi connectivity index (χ2v) is 4.95. The van der Waals surface area contributed by atoms with E-state index in [1.54, 1.807) is 6.92 Å². The van der Waals surface area contributed by atoms with Crippen molar-refractivity contribution in [3.63, 3.8) is 0 Å². The largest absolute Gasteiger partial charge is 0.418 e. The van der Waals surface area contributed by atoms with E-state index >= 15 is 0 Å². The number of hydrogen-bond acceptors (Lipinski definition) is 3. The highest BCUT2D eigenvalue weighted by molar-refractivity contribution is 5.77. The highest BCUT2D eigenvalue weighted by Gasteiger charge is 2.51. The third kappa shape index (κ3) is 3.10. The maximum absolute atomic E-state index is 12.5. The third-order valence-electron chi connectivity index (χ3n) is 3.20. The van der Waals surface area contributed by atoms with Crippen LogP contribution in [-0.2, 0) is 4.79 Å². The van der Waals surface area contributed by atoms with E-state index < -0.39 is 30.1 Å². The third-order valence-corrected chi connectivity index (χ3v) is 3.20. The number of aliphatic hydroxyl groups is 1. The molecule has 0 radical (unpaired) electrons. The lowest BCUT2D eigenvalue weighted by molar-refractivity contribution is -0.257. The first kappa shape index (κ1) is 14.2. The van der Waals surface area contributed by atoms with Gasteiger partial charge in [0.15, 0.2) is 5.60 Å². The van der Waals surface area contributed by atoms with Crippen LogP contribution < -0.4 is 5.73 Å². The molecule has 1 unspecified atom stereocenters. The van der Waals surface area contributed by atoms with Gasteiger partial charge in [0.05, 0.1) is 5.92 Å². The average Bonchev–Trinajstić information content (AvgIpc) is 2.43. The van der Waals surface area contributed by atoms with Crippen molar-refractivity contribution in [3.05, 3.63) is 0 Å². The molecule has 1 aliphatic rings. The number of carbonyl (C=O) groups excluding carboxylic acids is 1. The Morgan fingerprint density at radius 2 is 2.00 bits per heavy atom. The van der Waals surface area contributed by atoms with Crippen LogP contribution in [-0.4, -0.2) is 47.3 Å². The topological polar surface area (TPSA) is 66.6 Å². The minimum atomic E-state index is -4.68. The molecule has 0 aromatic carbocycles. The molecule has 4 nitrogen and oxygen atoms in total. The molecule has 0 aliphatic carbocycles. The number of carbonyl (C=O) groups is 1. The average molecular weight is 254 g/mol. The predicted octanol–water partition coefficient (Wildman–Crippen LogP) is 0.353. The Bertz CT molecular complexity index is 304. The van der Waals surface area contributed by atoms with Gasteiger partial charge in [0, 0.05) is 19.6 Å². The van der Waals surface area contributed by atoms with Crippen molar-refractivity contribution in [2.24, 2.45) is 17.6 Å². The molecule has 17 heavy (non-hydrogen) atoms. The summed E-state index contributed by atoms with van der Waals surface area (Å²) in [6.45, 7) is 2.46. The van der Waals surface area contributed by atoms with E-state index in [9.17, 15) is 23.1 Å². The summed E-state index contributed by atoms with van der Waals surface area (Å²) < 4.78 is 37.4. The number of nitrogens with two attached hydrogens (primary N) is 1. The zero-order valence-electron chi connectivity index (χ0n) is 9.79. The van der Waals surface area contributed by atoms with E-state index in [-0.39, 0.29) is 12.5 Å². The van der Waals surface area contributed by atoms with Crippen molar-refractivity contribution in [1.29, 1.82) is 0 Å². The Morgan fingerprint density at radius 1 is 1.47 bits per heavy atom. The maximum Gasteiger partial charge on any atom is 0.418 e. The highest BCUT2D eigenvalue weighted by Crippen LogP contribution is 2.33. The van der Waals surface area contributed by atoms with E-state index in [1.807, 2.05) is 0 Å². The van der Waals surface area contributed by atoms with Crippen LogP contribution in [0.15, 0.2) is 0 Å². The van der Waals surface area contributed by atoms with Crippen LogP contribution in [0.4, 0.5) is 13.2 Å². The predicted molar refractivity (Wildman–Crippen MR) is 55.0 cm³/mol. The number of alkyl halides is 3. The summed E-state index contributed by atoms with van der Waals surface area (Å²) in [6, 6.07) is 0. The van der Waals surface area contributed by atoms with Crippen molar-refractivity contribution in [1.82, 2.24) is 4.90 Å². The molecule has 7 heteroatoms. The summed E-state index contributed by atoms with van der Waals surface area (Å²) in [5, 5.41) is 9.34. The summed E-state index contributed by atoms with van der Waals surface area (Å²) in [7, 11) is 0. The molecular formula is C10H17F3N2O2. The Labute approximate surface area is 97.6 Å². The number of β-amino-alcohol motifs (C(OH)–C–C–N with tert-alkyl or cyclic N) is 1. The molecule has 3 N–H and O–H groups in total. The zero-order chi connectivity index (χ0) is 13.4. The Morgan fingerprint density at radius 3 is 2.35 bits per heavy atom. The van der Waals surface area contributed by atoms with Crippen LogP contribution in [0.2, 0.25) is 0 Å². The monoisotopic (exact) mass is 254 g/mol. The second-order valence-electron chi connectivity index (χ2n) is 4.95. The summed E-state index contributed by atoms with van der Waals surface area (Å²) >= 11 is 0. The van der Waals surface area contributed by atoms with Crippen molar-refractivity contribution in [2.75, 3.05) is 19.6 Å². The fraction of sp³-hybridized carbons (Fsp3) is 0.900. The zero-order valence-corrected chi connectivity index (χ0v) is 9.79. The standard InChI is InChI=1S/C10H17F3N2O2/c1-6-3-15(4-7(6)8(14)16)5-9(2,17)10(11,12)13/h6-7,17H,3-5H2,1-2H3,(H2,14,16)/t6-,7-,9?/m1/s1. The van der Waals surface area contributed by atoms with Crippen LogP contribution >= 0.6 is 0 Å². The molecule has 0 aromatic heterocycles. The molecular weight excluding hydrogens is 237 g/mol. The van der Waals surface area contributed by atoms with Crippen molar-refractivity contribution >= 4 is 5.91 Å². The summed E-state index contributed by atoms with van der Waals surface area (Å²) in [5.41, 5.74) is 2.38. The molecule has 3 atom stereocenters. The number of hydrogen-bond donors (Lipinski definition) is 2. The lowest BCUT2D eigenvalue weighted by Crippen LogP contribution is -2.51. The molecule has 1 aliphatic heterocycles. The molecule has 0 bridgehead atoms. The summed E-state index contributed by atoms with van der Waals surface area (Å²) in [5.74, 6) is -1.04. The summed E-state index contributed by atoms with van der Waals surface area (Å²) in [6.07, 6.45) is -4.68. The smallest absolute Gasteiger partial charge is 0.380 e. The summed E-state index contributed by atoms with van der Waals surface area (Å²) in [4.78, 5) is 12.5. The van der Waals surface area contributed by atoms with Gasteiger partial charge in [-0.2, -0.15) is 13.2 Å². The van der Waals surface area contributed by atoms with E-state index in [2.05, 4.69) is 0 Å². The normalized spacial score (nSPS) is 30.2. The van der Waals surface area contributed by atoms with Crippen LogP contribution in [0.25, 0.3) is 0 Å². The lowest BCUT2D eigenvalue weighted by Gasteiger charge is -2.30. The molecule has 0 aromatic rings. The van der Waals surface area contributed by atoms with Gasteiger partial charge in [0.25, 0.3) is 0 Å². The van der Waals surface area contributed by atoms with Crippen LogP contribution in [0.1, 0.15) is 13.8 Å². The molecule has 1 heterocycles. The fourth-order valence-electron chi connectivity index (χ4n) is 2.09. The van der Waals surface area contributed by atoms with Crippen LogP contribution in [0.3, 0.4) is 0 Å². The first-order valence-electron chi connectivity index (χ1n) is 5.35. The van der Waals surface area contributed by atoms with Gasteiger partial charge in [-0.1, -0.05) is 6.92 Å². The number of nitrogens with zero attached hydrogens (tertiary/aromatic N) is 1. The molecule has 1 fully saturated rings. The van der Waals surface area contributed by atoms with Crippen molar-refractivity contribution in [2.45, 2.75) is 25.6 Å². The first-order chi connectivity index (χ1) is 7.54. The minimum absolute atomic E-state index is 0.0865. The van der Waals surface area contributed by atoms with Crippen LogP contribution in [0, 0.1) is 11.8 Å². The quantitative estimate of drug-likeness (QED) is 0.764. The van der Waals surface area contributed by atoms with E-state index in [0.717, 1.165) is 6.92 Å². The SMILES string of the molecule is C[C@@H]1CN(CC(C)(O)C(F)(F)F)C[C@H]1C(N)=O. The van der Waals surface area contributed by atoms with Gasteiger partial charge in [-0.05, 0) is 12.8 Å². The Balaban J connectivity index is 2.64. The number of likely N-dealkylation sites (tertiary alicyclic amines) is 1. The van der Waals surface area contributed by atoms with Gasteiger partial charge < -0.3 is 10.8 Å². The molecule has 0 saturated carbocycles. The fourth-order valence-corrected chi connectivity index (χ4v) is 2.09. The van der Waals surface area contributed by atoms with Crippen molar-refractivity contribution < 1.29 is 23.1 Å². The number of primary amides is 1. The first-order valence-corrected chi connectivity index (χ1v) is 5.35. The van der Waals surface area contributed by atoms with Crippen molar-refractivity contribution in [3.8, 4) is 0 Å². The second kappa shape index (κ2) is 4.45. The van der Waals surface area contributed by atoms with Gasteiger partial charge in [0.2, 0.25) is 5.91 Å². The van der Waals surface area contributed by atoms with Gasteiger partial charge >= 0.3 is 6.18 Å². The van der Waals surface area contributed by atoms with Crippen LogP contribution in [0.5, 0.6) is 0 Å². The van der Waals surface area contributed by atoms with Gasteiger partial charge in [-0.15, -0.1) is 0 Å². The van der Waals surface area contributed by atoms with E-state index in [4.69, 9.17) is 5.73 Å². The number of amides is 1. The maximum atomic E-state index is 12.5. The molecule has 100 valence electrons.